The van der Waals surface area contributed by atoms with Gasteiger partial charge in [-0.05, 0) is 83.2 Å². The van der Waals surface area contributed by atoms with Crippen LogP contribution in [0.4, 0.5) is 5.69 Å². The number of carbonyl (C=O) groups is 3. The third kappa shape index (κ3) is 8.38. The standard InChI is InChI=1S/C45H60N8O5S/c1-9-52-38-13-12-29-18-32(38)34(41(52)33-19-30(22-46-40(33)28(4)57-8)51-16-15-50(7)27(3)23-51)21-45(5,6)25-58-44(56)35-11-10-14-53(49-35)43(55)36(20-39-47-37(29)24-59-39)48-42(54)31-17-26(31)2/h12-13,18-19,22,24,26-28,31,35-36,49H,9-11,14-17,20-21,23,25H2,1-8H3,(H,48,54)/t26-,27+,28-,31-,35-,36-/m0/s1. The molecule has 2 amide bonds. The molecule has 3 aliphatic heterocycles. The first-order chi connectivity index (χ1) is 28.2. The topological polar surface area (TPSA) is 134 Å². The molecule has 4 aromatic rings. The van der Waals surface area contributed by atoms with Gasteiger partial charge in [-0.15, -0.1) is 11.3 Å². The largest absolute Gasteiger partial charge is 0.464 e. The predicted octanol–water partition coefficient (Wildman–Crippen LogP) is 6.00. The van der Waals surface area contributed by atoms with Crippen LogP contribution in [0.15, 0.2) is 35.8 Å². The Morgan fingerprint density at radius 3 is 2.69 bits per heavy atom. The van der Waals surface area contributed by atoms with Gasteiger partial charge in [0.1, 0.15) is 12.1 Å². The lowest BCUT2D eigenvalue weighted by Crippen LogP contribution is -2.60. The van der Waals surface area contributed by atoms with Gasteiger partial charge in [-0.3, -0.25) is 24.4 Å². The zero-order chi connectivity index (χ0) is 41.7. The lowest BCUT2D eigenvalue weighted by Gasteiger charge is -2.39. The van der Waals surface area contributed by atoms with Crippen molar-refractivity contribution in [1.29, 1.82) is 0 Å². The van der Waals surface area contributed by atoms with E-state index in [1.807, 2.05) is 11.6 Å². The summed E-state index contributed by atoms with van der Waals surface area (Å²) in [6.45, 7) is 17.0. The summed E-state index contributed by atoms with van der Waals surface area (Å²) >= 11 is 1.49. The molecule has 316 valence electrons. The van der Waals surface area contributed by atoms with Crippen molar-refractivity contribution in [3.05, 3.63) is 52.1 Å². The number of cyclic esters (lactones) is 1. The number of thiazole rings is 1. The van der Waals surface area contributed by atoms with Crippen LogP contribution in [0.1, 0.15) is 83.2 Å². The number of fused-ring (bicyclic) bond motifs is 6. The fourth-order valence-corrected chi connectivity index (χ4v) is 9.87. The van der Waals surface area contributed by atoms with E-state index in [0.29, 0.717) is 37.8 Å². The summed E-state index contributed by atoms with van der Waals surface area (Å²) in [6.07, 6.45) is 4.60. The van der Waals surface area contributed by atoms with Gasteiger partial charge < -0.3 is 29.2 Å². The number of rotatable bonds is 7. The summed E-state index contributed by atoms with van der Waals surface area (Å²) < 4.78 is 14.5. The van der Waals surface area contributed by atoms with Crippen LogP contribution in [0.3, 0.4) is 0 Å². The number of hydrogen-bond acceptors (Lipinski definition) is 11. The lowest BCUT2D eigenvalue weighted by atomic mass is 9.84. The van der Waals surface area contributed by atoms with E-state index in [0.717, 1.165) is 88.0 Å². The number of piperazine rings is 1. The normalized spacial score (nSPS) is 25.7. The van der Waals surface area contributed by atoms with Crippen molar-refractivity contribution >= 4 is 45.7 Å². The van der Waals surface area contributed by atoms with Crippen LogP contribution < -0.4 is 15.6 Å². The summed E-state index contributed by atoms with van der Waals surface area (Å²) in [4.78, 5) is 56.3. The first-order valence-electron chi connectivity index (χ1n) is 21.4. The second-order valence-electron chi connectivity index (χ2n) is 18.1. The molecular weight excluding hydrogens is 765 g/mol. The molecule has 0 radical (unpaired) electrons. The van der Waals surface area contributed by atoms with E-state index >= 15 is 0 Å². The summed E-state index contributed by atoms with van der Waals surface area (Å²) in [5, 5.41) is 8.47. The van der Waals surface area contributed by atoms with Gasteiger partial charge in [-0.1, -0.05) is 26.8 Å². The number of carbonyl (C=O) groups excluding carboxylic acids is 3. The van der Waals surface area contributed by atoms with Gasteiger partial charge in [-0.2, -0.15) is 0 Å². The van der Waals surface area contributed by atoms with Crippen molar-refractivity contribution < 1.29 is 23.9 Å². The van der Waals surface area contributed by atoms with Gasteiger partial charge in [0.2, 0.25) is 5.91 Å². The molecule has 1 aromatic carbocycles. The van der Waals surface area contributed by atoms with E-state index in [2.05, 4.69) is 98.0 Å². The number of nitrogens with zero attached hydrogens (tertiary/aromatic N) is 6. The molecule has 1 aliphatic carbocycles. The average molecular weight is 825 g/mol. The number of anilines is 1. The van der Waals surface area contributed by atoms with Crippen LogP contribution in [0.2, 0.25) is 0 Å². The average Bonchev–Trinajstić information content (AvgIpc) is 3.66. The third-order valence-electron chi connectivity index (χ3n) is 13.0. The van der Waals surface area contributed by atoms with Gasteiger partial charge in [0, 0.05) is 91.0 Å². The van der Waals surface area contributed by atoms with Crippen molar-refractivity contribution in [3.8, 4) is 22.5 Å². The maximum Gasteiger partial charge on any atom is 0.324 e. The number of aryl methyl sites for hydroxylation is 1. The Kier molecular flexibility index (Phi) is 11.6. The summed E-state index contributed by atoms with van der Waals surface area (Å²) in [6, 6.07) is 7.76. The fourth-order valence-electron chi connectivity index (χ4n) is 9.02. The third-order valence-corrected chi connectivity index (χ3v) is 13.9. The van der Waals surface area contributed by atoms with Crippen molar-refractivity contribution in [2.75, 3.05) is 51.8 Å². The van der Waals surface area contributed by atoms with Crippen LogP contribution in [-0.4, -0.2) is 107 Å². The number of ether oxygens (including phenoxy) is 2. The van der Waals surface area contributed by atoms with Crippen molar-refractivity contribution in [3.63, 3.8) is 0 Å². The van der Waals surface area contributed by atoms with Crippen LogP contribution in [-0.2, 0) is 43.2 Å². The Balaban J connectivity index is 1.26. The Bertz CT molecular complexity index is 2230. The Labute approximate surface area is 351 Å². The van der Waals surface area contributed by atoms with Gasteiger partial charge in [-0.25, -0.2) is 10.4 Å². The molecule has 8 rings (SSSR count). The second-order valence-corrected chi connectivity index (χ2v) is 19.0. The molecule has 3 aromatic heterocycles. The SMILES string of the molecule is CCn1c(-c2cc(N3CCN(C)[C@H](C)C3)cnc2[C@H](C)OC)c2c3cc(ccc31)-c1csc(n1)C[C@H](NC(=O)[C@H]1C[C@@H]1C)C(=O)N1CCC[C@H](N1)C(=O)OCC(C)(C)C2. The number of nitrogens with one attached hydrogen (secondary N) is 2. The predicted molar refractivity (Wildman–Crippen MR) is 231 cm³/mol. The molecule has 3 fully saturated rings. The number of hydrogen-bond donors (Lipinski definition) is 2. The fraction of sp³-hybridized carbons (Fsp3) is 0.578. The van der Waals surface area contributed by atoms with Gasteiger partial charge in [0.25, 0.3) is 5.91 Å². The molecule has 2 saturated heterocycles. The lowest BCUT2D eigenvalue weighted by molar-refractivity contribution is -0.155. The molecule has 1 saturated carbocycles. The van der Waals surface area contributed by atoms with E-state index in [9.17, 15) is 14.4 Å². The molecule has 13 nitrogen and oxygen atoms in total. The zero-order valence-electron chi connectivity index (χ0n) is 35.8. The maximum absolute atomic E-state index is 14.1. The number of amides is 2. The number of methoxy groups -OCH3 is 1. The van der Waals surface area contributed by atoms with Gasteiger partial charge in [0.15, 0.2) is 0 Å². The minimum absolute atomic E-state index is 0.0909. The smallest absolute Gasteiger partial charge is 0.324 e. The highest BCUT2D eigenvalue weighted by Crippen LogP contribution is 2.43. The molecule has 6 bridgehead atoms. The van der Waals surface area contributed by atoms with E-state index in [4.69, 9.17) is 19.4 Å². The van der Waals surface area contributed by atoms with Crippen molar-refractivity contribution in [1.82, 2.24) is 35.2 Å². The van der Waals surface area contributed by atoms with Gasteiger partial charge in [0.05, 0.1) is 46.7 Å². The molecule has 0 spiro atoms. The summed E-state index contributed by atoms with van der Waals surface area (Å²) in [5.41, 5.74) is 10.8. The van der Waals surface area contributed by atoms with Crippen LogP contribution >= 0.6 is 11.3 Å². The number of benzene rings is 1. The zero-order valence-corrected chi connectivity index (χ0v) is 36.7. The maximum atomic E-state index is 14.1. The monoisotopic (exact) mass is 824 g/mol. The van der Waals surface area contributed by atoms with Crippen LogP contribution in [0.5, 0.6) is 0 Å². The molecule has 59 heavy (non-hydrogen) atoms. The van der Waals surface area contributed by atoms with Crippen LogP contribution in [0.25, 0.3) is 33.4 Å². The van der Waals surface area contributed by atoms with Crippen molar-refractivity contribution in [2.24, 2.45) is 17.3 Å². The van der Waals surface area contributed by atoms with E-state index in [-0.39, 0.29) is 42.8 Å². The van der Waals surface area contributed by atoms with Crippen molar-refractivity contribution in [2.45, 2.75) is 104 Å². The number of likely N-dealkylation sites (N-methyl/N-ethyl adjacent to an activating group) is 1. The second kappa shape index (κ2) is 16.6. The van der Waals surface area contributed by atoms with E-state index < -0.39 is 17.5 Å². The Morgan fingerprint density at radius 1 is 1.17 bits per heavy atom. The molecule has 6 heterocycles. The minimum atomic E-state index is -0.827. The van der Waals surface area contributed by atoms with E-state index in [1.54, 1.807) is 7.11 Å². The van der Waals surface area contributed by atoms with E-state index in [1.165, 1.54) is 16.3 Å². The molecule has 6 atom stereocenters. The highest BCUT2D eigenvalue weighted by molar-refractivity contribution is 7.10. The summed E-state index contributed by atoms with van der Waals surface area (Å²) in [5.74, 6) is -0.564. The number of aromatic nitrogens is 3. The number of pyridine rings is 1. The Hall–Kier alpha value is -4.37. The molecular formula is C45H60N8O5S. The molecule has 4 aliphatic rings. The number of hydrazine groups is 1. The molecule has 0 unspecified atom stereocenters. The quantitative estimate of drug-likeness (QED) is 0.214. The summed E-state index contributed by atoms with van der Waals surface area (Å²) in [7, 11) is 3.91. The highest BCUT2D eigenvalue weighted by atomic mass is 32.1. The van der Waals surface area contributed by atoms with Crippen LogP contribution in [0, 0.1) is 17.3 Å². The van der Waals surface area contributed by atoms with Gasteiger partial charge >= 0.3 is 5.97 Å². The minimum Gasteiger partial charge on any atom is -0.464 e. The molecule has 14 heteroatoms. The first kappa shape index (κ1) is 41.4. The first-order valence-corrected chi connectivity index (χ1v) is 22.3. The Morgan fingerprint density at radius 2 is 1.97 bits per heavy atom. The highest BCUT2D eigenvalue weighted by Gasteiger charge is 2.42. The molecule has 2 N–H and O–H groups in total. The number of esters is 1.